The van der Waals surface area contributed by atoms with E-state index in [1.807, 2.05) is 44.7 Å². The first-order valence-corrected chi connectivity index (χ1v) is 20.6. The van der Waals surface area contributed by atoms with Gasteiger partial charge in [0.15, 0.2) is 0 Å². The van der Waals surface area contributed by atoms with Crippen LogP contribution in [0.1, 0.15) is 121 Å². The second kappa shape index (κ2) is 21.8. The minimum atomic E-state index is 0. The van der Waals surface area contributed by atoms with Crippen LogP contribution in [0.4, 0.5) is 0 Å². The molecule has 5 aromatic carbocycles. The molecule has 2 aromatic heterocycles. The molecule has 4 nitrogen and oxygen atoms in total. The summed E-state index contributed by atoms with van der Waals surface area (Å²) in [6.45, 7) is 24.3. The van der Waals surface area contributed by atoms with Crippen LogP contribution in [0.5, 0.6) is 0 Å². The van der Waals surface area contributed by atoms with Crippen LogP contribution in [-0.4, -0.2) is 59.6 Å². The third-order valence-electron chi connectivity index (χ3n) is 10.2. The molecule has 296 valence electrons. The maximum Gasteiger partial charge on any atom is 2.00 e. The Labute approximate surface area is 387 Å². The number of hydrogen-bond acceptors (Lipinski definition) is 1. The van der Waals surface area contributed by atoms with Crippen LogP contribution in [0, 0.1) is 19.4 Å². The Morgan fingerprint density at radius 2 is 1.12 bits per heavy atom. The summed E-state index contributed by atoms with van der Waals surface area (Å²) in [6.07, 6.45) is 10.3. The molecule has 0 aliphatic heterocycles. The van der Waals surface area contributed by atoms with Crippen LogP contribution in [0.25, 0.3) is 45.3 Å². The molecule has 0 saturated heterocycles. The fourth-order valence-electron chi connectivity index (χ4n) is 7.34. The zero-order valence-corrected chi connectivity index (χ0v) is 40.6. The molecule has 0 aliphatic carbocycles. The first-order chi connectivity index (χ1) is 27.4. The van der Waals surface area contributed by atoms with Gasteiger partial charge < -0.3 is 11.0 Å². The minimum Gasteiger partial charge on any atom is -0.340 e. The molecular weight excluding hydrogens is 780 g/mol. The molecule has 0 bridgehead atoms. The number of aromatic nitrogens is 4. The third-order valence-corrected chi connectivity index (χ3v) is 10.2. The number of rotatable bonds is 9. The molecule has 0 saturated carbocycles. The van der Waals surface area contributed by atoms with Gasteiger partial charge in [0, 0.05) is 29.2 Å². The molecule has 7 rings (SSSR count). The number of para-hydroxylation sites is 1. The molecule has 0 amide bonds. The van der Waals surface area contributed by atoms with Gasteiger partial charge in [-0.25, -0.2) is 4.57 Å². The molecule has 7 aromatic rings. The quantitative estimate of drug-likeness (QED) is 0.0808. The van der Waals surface area contributed by atoms with E-state index in [4.69, 9.17) is 0 Å². The fourth-order valence-corrected chi connectivity index (χ4v) is 7.34. The Hall–Kier alpha value is -4.00. The van der Waals surface area contributed by atoms with Gasteiger partial charge in [-0.1, -0.05) is 122 Å². The summed E-state index contributed by atoms with van der Waals surface area (Å²) in [5.74, 6) is 3.88. The van der Waals surface area contributed by atoms with E-state index < -0.39 is 0 Å². The average Bonchev–Trinajstić information content (AvgIpc) is 3.85. The SMILES string of the molecule is CC(C)c1cccc(C(C)C)c1-n1ccnc1-c1[c-]cccc1.C[CH-]C.Cc1ccc(-c2cc(C(C)C)c(-n3cc[n+](C)c3-c3ccccc3)c(C(C)C)c2)cc1.[Sr+2]. The predicted molar refractivity (Wildman–Crippen MR) is 248 cm³/mol. The number of imidazole rings is 2. The Kier molecular flexibility index (Phi) is 17.6. The monoisotopic (exact) mass is 843 g/mol. The van der Waals surface area contributed by atoms with Gasteiger partial charge in [0.2, 0.25) is 0 Å². The van der Waals surface area contributed by atoms with Crippen LogP contribution in [-0.2, 0) is 7.05 Å². The van der Waals surface area contributed by atoms with E-state index in [9.17, 15) is 0 Å². The van der Waals surface area contributed by atoms with Crippen LogP contribution in [0.15, 0.2) is 134 Å². The molecular formula is C53H63N4Sr+. The summed E-state index contributed by atoms with van der Waals surface area (Å²) in [6, 6.07) is 42.3. The molecule has 0 unspecified atom stereocenters. The van der Waals surface area contributed by atoms with E-state index in [0.29, 0.717) is 23.7 Å². The van der Waals surface area contributed by atoms with Crippen molar-refractivity contribution in [3.05, 3.63) is 174 Å². The van der Waals surface area contributed by atoms with Gasteiger partial charge in [-0.15, -0.1) is 35.9 Å². The zero-order valence-electron chi connectivity index (χ0n) is 37.1. The molecule has 0 spiro atoms. The number of hydrogen-bond donors (Lipinski definition) is 0. The maximum atomic E-state index is 4.60. The Morgan fingerprint density at radius 1 is 0.586 bits per heavy atom. The molecule has 0 aliphatic rings. The summed E-state index contributed by atoms with van der Waals surface area (Å²) in [7, 11) is 2.13. The summed E-state index contributed by atoms with van der Waals surface area (Å²) in [4.78, 5) is 4.60. The van der Waals surface area contributed by atoms with E-state index >= 15 is 0 Å². The first-order valence-electron chi connectivity index (χ1n) is 20.6. The van der Waals surface area contributed by atoms with Gasteiger partial charge in [-0.3, -0.25) is 4.98 Å². The van der Waals surface area contributed by atoms with Crippen molar-refractivity contribution in [2.75, 3.05) is 0 Å². The minimum absolute atomic E-state index is 0. The fraction of sp³-hybridized carbons (Fsp3) is 0.302. The average molecular weight is 844 g/mol. The molecule has 0 fully saturated rings. The number of benzene rings is 5. The van der Waals surface area contributed by atoms with Crippen molar-refractivity contribution in [3.63, 3.8) is 0 Å². The molecule has 0 N–H and O–H groups in total. The second-order valence-electron chi connectivity index (χ2n) is 16.2. The van der Waals surface area contributed by atoms with Crippen molar-refractivity contribution in [3.8, 4) is 45.3 Å². The predicted octanol–water partition coefficient (Wildman–Crippen LogP) is 13.6. The number of nitrogens with zero attached hydrogens (tertiary/aromatic N) is 4. The Bertz CT molecular complexity index is 2260. The third kappa shape index (κ3) is 11.0. The van der Waals surface area contributed by atoms with Gasteiger partial charge >= 0.3 is 45.5 Å². The van der Waals surface area contributed by atoms with E-state index in [-0.39, 0.29) is 45.5 Å². The van der Waals surface area contributed by atoms with Crippen molar-refractivity contribution < 1.29 is 4.57 Å². The molecule has 58 heavy (non-hydrogen) atoms. The van der Waals surface area contributed by atoms with Gasteiger partial charge in [-0.05, 0) is 77.1 Å². The second-order valence-corrected chi connectivity index (χ2v) is 16.2. The Morgan fingerprint density at radius 3 is 1.64 bits per heavy atom. The van der Waals surface area contributed by atoms with Gasteiger partial charge in [0.25, 0.3) is 5.82 Å². The maximum absolute atomic E-state index is 4.60. The Balaban J connectivity index is 0.000000245. The summed E-state index contributed by atoms with van der Waals surface area (Å²) in [5, 5.41) is 0. The first kappa shape index (κ1) is 46.7. The zero-order chi connectivity index (χ0) is 41.2. The van der Waals surface area contributed by atoms with Gasteiger partial charge in [0.05, 0.1) is 18.4 Å². The molecule has 0 radical (unpaired) electrons. The summed E-state index contributed by atoms with van der Waals surface area (Å²) < 4.78 is 6.83. The van der Waals surface area contributed by atoms with Crippen LogP contribution in [0.3, 0.4) is 0 Å². The molecule has 5 heteroatoms. The standard InChI is InChI=1S/C29H33N2.C21H23N2.C3H7.Sr/c1-20(2)26-18-25(23-14-12-22(5)13-15-23)19-27(21(3)4)28(26)31-17-16-30(6)29(31)24-10-8-7-9-11-24;1-15(2)18-11-8-12-19(16(3)4)20(18)23-14-13-22-21(23)17-9-6-5-7-10-17;1-3-2;/h7-21H,1-6H3;5-9,11-16H,1-4H3;3H,1-2H3;/q+1;2*-1;+2. The van der Waals surface area contributed by atoms with Crippen LogP contribution in [0.2, 0.25) is 0 Å². The normalized spacial score (nSPS) is 11.0. The van der Waals surface area contributed by atoms with E-state index in [1.54, 1.807) is 0 Å². The van der Waals surface area contributed by atoms with Crippen LogP contribution >= 0.6 is 0 Å². The largest absolute Gasteiger partial charge is 2.00 e. The van der Waals surface area contributed by atoms with Crippen molar-refractivity contribution in [1.82, 2.24) is 14.1 Å². The van der Waals surface area contributed by atoms with E-state index in [1.165, 1.54) is 61.7 Å². The van der Waals surface area contributed by atoms with Crippen molar-refractivity contribution >= 4 is 45.5 Å². The van der Waals surface area contributed by atoms with Gasteiger partial charge in [0.1, 0.15) is 18.1 Å². The topological polar surface area (TPSA) is 26.6 Å². The number of aryl methyl sites for hydroxylation is 2. The van der Waals surface area contributed by atoms with Crippen molar-refractivity contribution in [2.45, 2.75) is 99.8 Å². The molecule has 0 atom stereocenters. The van der Waals surface area contributed by atoms with Crippen LogP contribution < -0.4 is 4.57 Å². The van der Waals surface area contributed by atoms with Crippen molar-refractivity contribution in [2.24, 2.45) is 7.05 Å². The van der Waals surface area contributed by atoms with E-state index in [0.717, 1.165) is 11.4 Å². The summed E-state index contributed by atoms with van der Waals surface area (Å²) in [5.41, 5.74) is 14.2. The van der Waals surface area contributed by atoms with E-state index in [2.05, 4.69) is 204 Å². The smallest absolute Gasteiger partial charge is 0.340 e. The summed E-state index contributed by atoms with van der Waals surface area (Å²) >= 11 is 0. The van der Waals surface area contributed by atoms with Crippen molar-refractivity contribution in [1.29, 1.82) is 0 Å². The molecule has 2 heterocycles. The van der Waals surface area contributed by atoms with Gasteiger partial charge in [-0.2, -0.15) is 18.4 Å².